The first-order valence-electron chi connectivity index (χ1n) is 5.61. The van der Waals surface area contributed by atoms with Crippen LogP contribution in [0.4, 0.5) is 0 Å². The predicted octanol–water partition coefficient (Wildman–Crippen LogP) is 4.07. The van der Waals surface area contributed by atoms with Gasteiger partial charge in [0, 0.05) is 0 Å². The molecule has 0 unspecified atom stereocenters. The minimum absolute atomic E-state index is 1.16. The molecule has 0 aliphatic heterocycles. The van der Waals surface area contributed by atoms with Gasteiger partial charge in [-0.05, 0) is 55.7 Å². The SMILES string of the molecule is CC1=CCC=C1CC1=C2CC=C1CC2. The quantitative estimate of drug-likeness (QED) is 0.606. The summed E-state index contributed by atoms with van der Waals surface area (Å²) in [5.74, 6) is 0. The molecule has 0 spiro atoms. The van der Waals surface area contributed by atoms with Gasteiger partial charge in [-0.2, -0.15) is 0 Å². The van der Waals surface area contributed by atoms with E-state index in [1.165, 1.54) is 31.3 Å². The van der Waals surface area contributed by atoms with Crippen LogP contribution < -0.4 is 0 Å². The van der Waals surface area contributed by atoms with Gasteiger partial charge < -0.3 is 0 Å². The van der Waals surface area contributed by atoms with Crippen LogP contribution in [0.15, 0.2) is 46.1 Å². The van der Waals surface area contributed by atoms with Crippen molar-refractivity contribution in [3.63, 3.8) is 0 Å². The van der Waals surface area contributed by atoms with Gasteiger partial charge >= 0.3 is 0 Å². The standard InChI is InChI=1S/C14H16/c1-10-3-2-4-13(10)9-14-11-5-6-12(14)8-7-11/h3-5H,2,6-9H2,1H3. The molecule has 0 saturated carbocycles. The highest BCUT2D eigenvalue weighted by atomic mass is 14.3. The maximum Gasteiger partial charge on any atom is -0.00240 e. The second-order valence-corrected chi connectivity index (χ2v) is 4.54. The third kappa shape index (κ3) is 1.13. The van der Waals surface area contributed by atoms with Crippen LogP contribution in [0, 0.1) is 0 Å². The van der Waals surface area contributed by atoms with Crippen molar-refractivity contribution in [3.8, 4) is 0 Å². The molecule has 2 bridgehead atoms. The first-order chi connectivity index (χ1) is 6.84. The Labute approximate surface area is 85.7 Å². The van der Waals surface area contributed by atoms with E-state index in [0.717, 1.165) is 6.42 Å². The highest BCUT2D eigenvalue weighted by Crippen LogP contribution is 2.43. The molecule has 0 aromatic carbocycles. The smallest absolute Gasteiger partial charge is 0.00240 e. The zero-order valence-electron chi connectivity index (χ0n) is 8.77. The van der Waals surface area contributed by atoms with Gasteiger partial charge in [-0.15, -0.1) is 0 Å². The Morgan fingerprint density at radius 1 is 1.14 bits per heavy atom. The van der Waals surface area contributed by atoms with Gasteiger partial charge in [-0.1, -0.05) is 29.4 Å². The Kier molecular flexibility index (Phi) is 1.76. The normalized spacial score (nSPS) is 24.2. The second-order valence-electron chi connectivity index (χ2n) is 4.54. The zero-order chi connectivity index (χ0) is 9.54. The molecule has 0 heteroatoms. The van der Waals surface area contributed by atoms with E-state index in [1.54, 1.807) is 22.3 Å². The van der Waals surface area contributed by atoms with E-state index in [9.17, 15) is 0 Å². The molecule has 3 aliphatic carbocycles. The van der Waals surface area contributed by atoms with Crippen molar-refractivity contribution in [2.45, 2.75) is 39.0 Å². The molecule has 0 atom stereocenters. The van der Waals surface area contributed by atoms with Crippen LogP contribution >= 0.6 is 0 Å². The van der Waals surface area contributed by atoms with E-state index in [4.69, 9.17) is 0 Å². The van der Waals surface area contributed by atoms with Crippen molar-refractivity contribution in [2.75, 3.05) is 0 Å². The Morgan fingerprint density at radius 2 is 2.07 bits per heavy atom. The summed E-state index contributed by atoms with van der Waals surface area (Å²) in [6.07, 6.45) is 13.4. The molecule has 0 nitrogen and oxygen atoms in total. The summed E-state index contributed by atoms with van der Waals surface area (Å²) in [5, 5.41) is 0. The summed E-state index contributed by atoms with van der Waals surface area (Å²) in [6.45, 7) is 2.25. The van der Waals surface area contributed by atoms with Crippen LogP contribution in [0.25, 0.3) is 0 Å². The van der Waals surface area contributed by atoms with E-state index in [-0.39, 0.29) is 0 Å². The molecule has 0 aromatic heterocycles. The molecular weight excluding hydrogens is 168 g/mol. The summed E-state index contributed by atoms with van der Waals surface area (Å²) in [5.41, 5.74) is 8.14. The number of hydrogen-bond acceptors (Lipinski definition) is 0. The molecular formula is C14H16. The van der Waals surface area contributed by atoms with Crippen molar-refractivity contribution in [1.82, 2.24) is 0 Å². The lowest BCUT2D eigenvalue weighted by Gasteiger charge is -2.06. The van der Waals surface area contributed by atoms with Crippen LogP contribution in [0.2, 0.25) is 0 Å². The monoisotopic (exact) mass is 184 g/mol. The molecule has 0 radical (unpaired) electrons. The van der Waals surface area contributed by atoms with Crippen molar-refractivity contribution in [2.24, 2.45) is 0 Å². The molecule has 0 heterocycles. The topological polar surface area (TPSA) is 0 Å². The fourth-order valence-electron chi connectivity index (χ4n) is 2.82. The second kappa shape index (κ2) is 2.98. The molecule has 3 rings (SSSR count). The van der Waals surface area contributed by atoms with Crippen molar-refractivity contribution >= 4 is 0 Å². The zero-order valence-corrected chi connectivity index (χ0v) is 8.77. The highest BCUT2D eigenvalue weighted by Gasteiger charge is 2.24. The number of rotatable bonds is 2. The van der Waals surface area contributed by atoms with Gasteiger partial charge in [-0.25, -0.2) is 0 Å². The maximum absolute atomic E-state index is 2.43. The Hall–Kier alpha value is -1.04. The summed E-state index contributed by atoms with van der Waals surface area (Å²) in [4.78, 5) is 0. The van der Waals surface area contributed by atoms with Crippen molar-refractivity contribution < 1.29 is 0 Å². The van der Waals surface area contributed by atoms with Gasteiger partial charge in [0.25, 0.3) is 0 Å². The molecule has 3 aliphatic rings. The lowest BCUT2D eigenvalue weighted by molar-refractivity contribution is 0.933. The minimum atomic E-state index is 1.16. The maximum atomic E-state index is 2.43. The van der Waals surface area contributed by atoms with E-state index in [2.05, 4.69) is 25.2 Å². The molecule has 14 heavy (non-hydrogen) atoms. The van der Waals surface area contributed by atoms with Crippen molar-refractivity contribution in [3.05, 3.63) is 46.1 Å². The third-order valence-electron chi connectivity index (χ3n) is 3.77. The fraction of sp³-hybridized carbons (Fsp3) is 0.429. The Balaban J connectivity index is 1.84. The van der Waals surface area contributed by atoms with E-state index < -0.39 is 0 Å². The molecule has 0 aromatic rings. The van der Waals surface area contributed by atoms with Gasteiger partial charge in [0.2, 0.25) is 0 Å². The predicted molar refractivity (Wildman–Crippen MR) is 60.0 cm³/mol. The Morgan fingerprint density at radius 3 is 2.57 bits per heavy atom. The van der Waals surface area contributed by atoms with Crippen molar-refractivity contribution in [1.29, 1.82) is 0 Å². The Bertz CT molecular complexity index is 400. The lowest BCUT2D eigenvalue weighted by atomic mass is 9.99. The van der Waals surface area contributed by atoms with Crippen LogP contribution in [-0.4, -0.2) is 0 Å². The summed E-state index contributed by atoms with van der Waals surface area (Å²) >= 11 is 0. The highest BCUT2D eigenvalue weighted by molar-refractivity contribution is 5.52. The number of fused-ring (bicyclic) bond motifs is 1. The molecule has 0 saturated heterocycles. The first-order valence-corrected chi connectivity index (χ1v) is 5.61. The average Bonchev–Trinajstić information content (AvgIpc) is 2.86. The summed E-state index contributed by atoms with van der Waals surface area (Å²) < 4.78 is 0. The summed E-state index contributed by atoms with van der Waals surface area (Å²) in [6, 6.07) is 0. The van der Waals surface area contributed by atoms with Gasteiger partial charge in [0.15, 0.2) is 0 Å². The van der Waals surface area contributed by atoms with E-state index in [0.29, 0.717) is 0 Å². The molecule has 0 fully saturated rings. The largest absolute Gasteiger partial charge is 0.0775 e. The van der Waals surface area contributed by atoms with Crippen LogP contribution in [0.3, 0.4) is 0 Å². The first kappa shape index (κ1) is 8.28. The van der Waals surface area contributed by atoms with Gasteiger partial charge in [0.1, 0.15) is 0 Å². The lowest BCUT2D eigenvalue weighted by Crippen LogP contribution is -1.87. The van der Waals surface area contributed by atoms with Gasteiger partial charge in [0.05, 0.1) is 0 Å². The average molecular weight is 184 g/mol. The number of allylic oxidation sites excluding steroid dienone is 8. The van der Waals surface area contributed by atoms with E-state index >= 15 is 0 Å². The third-order valence-corrected chi connectivity index (χ3v) is 3.77. The summed E-state index contributed by atoms with van der Waals surface area (Å²) in [7, 11) is 0. The fourth-order valence-corrected chi connectivity index (χ4v) is 2.82. The van der Waals surface area contributed by atoms with Crippen LogP contribution in [-0.2, 0) is 0 Å². The number of hydrogen-bond donors (Lipinski definition) is 0. The van der Waals surface area contributed by atoms with Crippen LogP contribution in [0.1, 0.15) is 39.0 Å². The molecule has 0 amide bonds. The van der Waals surface area contributed by atoms with Gasteiger partial charge in [-0.3, -0.25) is 0 Å². The van der Waals surface area contributed by atoms with E-state index in [1.807, 2.05) is 0 Å². The van der Waals surface area contributed by atoms with Crippen LogP contribution in [0.5, 0.6) is 0 Å². The molecule has 72 valence electrons. The molecule has 0 N–H and O–H groups in total. The minimum Gasteiger partial charge on any atom is -0.0775 e.